The topological polar surface area (TPSA) is 37.3 Å². The van der Waals surface area contributed by atoms with Gasteiger partial charge in [-0.2, -0.15) is 0 Å². The molecular formula is C17H21BrClN3O. The molecule has 2 heterocycles. The van der Waals surface area contributed by atoms with Gasteiger partial charge >= 0.3 is 0 Å². The Kier molecular flexibility index (Phi) is 5.89. The zero-order valence-electron chi connectivity index (χ0n) is 13.3. The number of nitrogens with zero attached hydrogens (tertiary/aromatic N) is 2. The van der Waals surface area contributed by atoms with Crippen LogP contribution in [0.25, 0.3) is 11.3 Å². The van der Waals surface area contributed by atoms with Gasteiger partial charge in [-0.05, 0) is 25.1 Å². The molecule has 0 aliphatic carbocycles. The number of carbonyl (C=O) groups excluding carboxylic acids is 1. The third-order valence-corrected chi connectivity index (χ3v) is 4.94. The highest BCUT2D eigenvalue weighted by atomic mass is 79.9. The summed E-state index contributed by atoms with van der Waals surface area (Å²) in [5, 5.41) is 3.32. The molecule has 4 nitrogen and oxygen atoms in total. The van der Waals surface area contributed by atoms with Crippen molar-refractivity contribution in [3.8, 4) is 11.3 Å². The summed E-state index contributed by atoms with van der Waals surface area (Å²) in [4.78, 5) is 14.8. The number of nitrogens with one attached hydrogen (secondary N) is 1. The Morgan fingerprint density at radius 3 is 2.70 bits per heavy atom. The third kappa shape index (κ3) is 3.47. The van der Waals surface area contributed by atoms with Gasteiger partial charge in [0, 0.05) is 48.5 Å². The minimum absolute atomic E-state index is 0. The highest BCUT2D eigenvalue weighted by Crippen LogP contribution is 2.29. The predicted molar refractivity (Wildman–Crippen MR) is 99.2 cm³/mol. The molecule has 2 aromatic rings. The van der Waals surface area contributed by atoms with Crippen molar-refractivity contribution in [3.05, 3.63) is 46.6 Å². The summed E-state index contributed by atoms with van der Waals surface area (Å²) in [6.45, 7) is 4.56. The lowest BCUT2D eigenvalue weighted by Crippen LogP contribution is -2.52. The van der Waals surface area contributed by atoms with Crippen LogP contribution >= 0.6 is 28.3 Å². The van der Waals surface area contributed by atoms with E-state index in [2.05, 4.69) is 34.2 Å². The van der Waals surface area contributed by atoms with Crippen LogP contribution in [0.4, 0.5) is 0 Å². The van der Waals surface area contributed by atoms with E-state index in [0.717, 1.165) is 41.1 Å². The Morgan fingerprint density at radius 1 is 1.26 bits per heavy atom. The normalized spacial score (nSPS) is 17.7. The van der Waals surface area contributed by atoms with Gasteiger partial charge in [-0.25, -0.2) is 0 Å². The molecule has 0 radical (unpaired) electrons. The van der Waals surface area contributed by atoms with Crippen molar-refractivity contribution in [2.45, 2.75) is 13.0 Å². The number of halogens is 2. The minimum Gasteiger partial charge on any atom is -0.340 e. The predicted octanol–water partition coefficient (Wildman–Crippen LogP) is 3.31. The first-order valence-corrected chi connectivity index (χ1v) is 8.31. The lowest BCUT2D eigenvalue weighted by atomic mass is 10.1. The average molecular weight is 399 g/mol. The van der Waals surface area contributed by atoms with Crippen LogP contribution in [0.3, 0.4) is 0 Å². The molecule has 1 amide bonds. The maximum atomic E-state index is 12.8. The van der Waals surface area contributed by atoms with Crippen LogP contribution in [0.1, 0.15) is 17.4 Å². The van der Waals surface area contributed by atoms with E-state index in [1.165, 1.54) is 0 Å². The molecule has 1 N–H and O–H groups in total. The minimum atomic E-state index is 0. The summed E-state index contributed by atoms with van der Waals surface area (Å²) in [5.74, 6) is 0.106. The molecule has 1 aromatic carbocycles. The van der Waals surface area contributed by atoms with E-state index in [4.69, 9.17) is 0 Å². The SMILES string of the molecule is C[C@H]1CNCCN1C(=O)c1ccc(-c2ccccc2Br)n1C.Cl. The molecule has 1 saturated heterocycles. The Morgan fingerprint density at radius 2 is 2.00 bits per heavy atom. The van der Waals surface area contributed by atoms with Crippen molar-refractivity contribution in [1.82, 2.24) is 14.8 Å². The van der Waals surface area contributed by atoms with Crippen LogP contribution in [0, 0.1) is 0 Å². The second kappa shape index (κ2) is 7.51. The van der Waals surface area contributed by atoms with Crippen molar-refractivity contribution in [2.75, 3.05) is 19.6 Å². The van der Waals surface area contributed by atoms with Crippen LogP contribution in [-0.2, 0) is 7.05 Å². The Labute approximate surface area is 151 Å². The number of hydrogen-bond donors (Lipinski definition) is 1. The van der Waals surface area contributed by atoms with Gasteiger partial charge in [0.15, 0.2) is 0 Å². The molecule has 1 aliphatic rings. The van der Waals surface area contributed by atoms with Crippen molar-refractivity contribution in [1.29, 1.82) is 0 Å². The molecule has 124 valence electrons. The molecule has 1 fully saturated rings. The third-order valence-electron chi connectivity index (χ3n) is 4.25. The first kappa shape index (κ1) is 18.0. The number of amides is 1. The van der Waals surface area contributed by atoms with Crippen molar-refractivity contribution in [3.63, 3.8) is 0 Å². The van der Waals surface area contributed by atoms with E-state index in [1.54, 1.807) is 0 Å². The van der Waals surface area contributed by atoms with E-state index in [0.29, 0.717) is 0 Å². The van der Waals surface area contributed by atoms with Gasteiger partial charge in [0.25, 0.3) is 5.91 Å². The molecule has 3 rings (SSSR count). The van der Waals surface area contributed by atoms with Crippen LogP contribution in [0.15, 0.2) is 40.9 Å². The fraction of sp³-hybridized carbons (Fsp3) is 0.353. The quantitative estimate of drug-likeness (QED) is 0.843. The van der Waals surface area contributed by atoms with E-state index >= 15 is 0 Å². The summed E-state index contributed by atoms with van der Waals surface area (Å²) in [7, 11) is 1.95. The summed E-state index contributed by atoms with van der Waals surface area (Å²) in [6.07, 6.45) is 0. The Balaban J connectivity index is 0.00000192. The summed E-state index contributed by atoms with van der Waals surface area (Å²) >= 11 is 3.58. The summed E-state index contributed by atoms with van der Waals surface area (Å²) in [6, 6.07) is 12.2. The molecule has 23 heavy (non-hydrogen) atoms. The highest BCUT2D eigenvalue weighted by molar-refractivity contribution is 9.10. The van der Waals surface area contributed by atoms with Crippen LogP contribution in [0.5, 0.6) is 0 Å². The molecule has 0 spiro atoms. The van der Waals surface area contributed by atoms with Gasteiger partial charge in [0.1, 0.15) is 5.69 Å². The van der Waals surface area contributed by atoms with Gasteiger partial charge in [-0.3, -0.25) is 4.79 Å². The van der Waals surface area contributed by atoms with Crippen LogP contribution in [0.2, 0.25) is 0 Å². The molecule has 1 aromatic heterocycles. The zero-order chi connectivity index (χ0) is 15.7. The molecule has 1 aliphatic heterocycles. The Bertz CT molecular complexity index is 701. The van der Waals surface area contributed by atoms with Crippen molar-refractivity contribution in [2.24, 2.45) is 7.05 Å². The number of benzene rings is 1. The van der Waals surface area contributed by atoms with E-state index < -0.39 is 0 Å². The van der Waals surface area contributed by atoms with Crippen molar-refractivity contribution < 1.29 is 4.79 Å². The van der Waals surface area contributed by atoms with Crippen molar-refractivity contribution >= 4 is 34.2 Å². The Hall–Kier alpha value is -1.30. The van der Waals surface area contributed by atoms with Gasteiger partial charge in [-0.15, -0.1) is 12.4 Å². The first-order chi connectivity index (χ1) is 10.6. The molecular weight excluding hydrogens is 378 g/mol. The largest absolute Gasteiger partial charge is 0.340 e. The maximum absolute atomic E-state index is 12.8. The second-order valence-corrected chi connectivity index (χ2v) is 6.55. The molecule has 0 unspecified atom stereocenters. The standard InChI is InChI=1S/C17H20BrN3O.ClH/c1-12-11-19-9-10-21(12)17(22)16-8-7-15(20(16)2)13-5-3-4-6-14(13)18;/h3-8,12,19H,9-11H2,1-2H3;1H/t12-;/m0./s1. The van der Waals surface area contributed by atoms with E-state index in [9.17, 15) is 4.79 Å². The van der Waals surface area contributed by atoms with Gasteiger partial charge in [0.2, 0.25) is 0 Å². The fourth-order valence-corrected chi connectivity index (χ4v) is 3.44. The maximum Gasteiger partial charge on any atom is 0.270 e. The first-order valence-electron chi connectivity index (χ1n) is 7.52. The number of hydrogen-bond acceptors (Lipinski definition) is 2. The number of carbonyl (C=O) groups is 1. The smallest absolute Gasteiger partial charge is 0.270 e. The number of piperazine rings is 1. The lowest BCUT2D eigenvalue weighted by molar-refractivity contribution is 0.0646. The number of aromatic nitrogens is 1. The van der Waals surface area contributed by atoms with Gasteiger partial charge in [-0.1, -0.05) is 34.1 Å². The molecule has 0 bridgehead atoms. The van der Waals surface area contributed by atoms with E-state index in [-0.39, 0.29) is 24.4 Å². The lowest BCUT2D eigenvalue weighted by Gasteiger charge is -2.34. The van der Waals surface area contributed by atoms with Gasteiger partial charge < -0.3 is 14.8 Å². The second-order valence-electron chi connectivity index (χ2n) is 5.69. The van der Waals surface area contributed by atoms with Gasteiger partial charge in [0.05, 0.1) is 0 Å². The summed E-state index contributed by atoms with van der Waals surface area (Å²) < 4.78 is 3.02. The molecule has 1 atom stereocenters. The summed E-state index contributed by atoms with van der Waals surface area (Å²) in [5.41, 5.74) is 2.87. The average Bonchev–Trinajstić information content (AvgIpc) is 2.89. The number of rotatable bonds is 2. The monoisotopic (exact) mass is 397 g/mol. The van der Waals surface area contributed by atoms with E-state index in [1.807, 2.05) is 46.8 Å². The van der Waals surface area contributed by atoms with Crippen LogP contribution in [-0.4, -0.2) is 41.1 Å². The highest BCUT2D eigenvalue weighted by Gasteiger charge is 2.26. The fourth-order valence-electron chi connectivity index (χ4n) is 2.96. The molecule has 0 saturated carbocycles. The molecule has 6 heteroatoms. The van der Waals surface area contributed by atoms with Crippen LogP contribution < -0.4 is 5.32 Å². The zero-order valence-corrected chi connectivity index (χ0v) is 15.7.